The summed E-state index contributed by atoms with van der Waals surface area (Å²) < 4.78 is 22.1. The van der Waals surface area contributed by atoms with Crippen LogP contribution in [0.15, 0.2) is 29.2 Å². The molecule has 0 aliphatic heterocycles. The van der Waals surface area contributed by atoms with Crippen molar-refractivity contribution in [3.8, 4) is 0 Å². The molecule has 0 saturated heterocycles. The Hall–Kier alpha value is -1.40. The third-order valence-corrected chi connectivity index (χ3v) is 3.47. The molecule has 5 nitrogen and oxygen atoms in total. The van der Waals surface area contributed by atoms with Gasteiger partial charge in [-0.15, -0.1) is 0 Å². The highest BCUT2D eigenvalue weighted by atomic mass is 32.2. The standard InChI is InChI=1S/C12H18N2O3S/c1-3-4-9(2)14-12(15)10-5-7-11(8-6-10)18(13,16)17/h5-9H,3-4H2,1-2H3,(H,14,15)(H2,13,16,17). The van der Waals surface area contributed by atoms with Gasteiger partial charge in [0.1, 0.15) is 0 Å². The van der Waals surface area contributed by atoms with Crippen molar-refractivity contribution in [1.29, 1.82) is 0 Å². The first-order chi connectivity index (χ1) is 8.34. The van der Waals surface area contributed by atoms with Crippen molar-refractivity contribution < 1.29 is 13.2 Å². The van der Waals surface area contributed by atoms with E-state index in [0.717, 1.165) is 12.8 Å². The molecule has 18 heavy (non-hydrogen) atoms. The number of nitrogens with one attached hydrogen (secondary N) is 1. The zero-order valence-corrected chi connectivity index (χ0v) is 11.3. The van der Waals surface area contributed by atoms with Crippen LogP contribution in [-0.4, -0.2) is 20.4 Å². The molecule has 1 unspecified atom stereocenters. The Morgan fingerprint density at radius 3 is 2.33 bits per heavy atom. The predicted molar refractivity (Wildman–Crippen MR) is 69.7 cm³/mol. The second kappa shape index (κ2) is 5.97. The van der Waals surface area contributed by atoms with Crippen molar-refractivity contribution >= 4 is 15.9 Å². The molecule has 0 heterocycles. The molecule has 3 N–H and O–H groups in total. The lowest BCUT2D eigenvalue weighted by molar-refractivity contribution is 0.0938. The number of nitrogens with two attached hydrogens (primary N) is 1. The number of hydrogen-bond acceptors (Lipinski definition) is 3. The van der Waals surface area contributed by atoms with Crippen LogP contribution in [-0.2, 0) is 10.0 Å². The van der Waals surface area contributed by atoms with Crippen LogP contribution in [0.4, 0.5) is 0 Å². The van der Waals surface area contributed by atoms with Gasteiger partial charge in [0.05, 0.1) is 4.90 Å². The number of sulfonamides is 1. The number of benzene rings is 1. The van der Waals surface area contributed by atoms with Crippen LogP contribution in [0, 0.1) is 0 Å². The summed E-state index contributed by atoms with van der Waals surface area (Å²) in [4.78, 5) is 11.8. The quantitative estimate of drug-likeness (QED) is 0.844. The molecule has 1 amide bonds. The Labute approximate surface area is 107 Å². The molecular weight excluding hydrogens is 252 g/mol. The van der Waals surface area contributed by atoms with E-state index in [1.807, 2.05) is 13.8 Å². The molecule has 1 aromatic carbocycles. The van der Waals surface area contributed by atoms with Gasteiger partial charge in [0.15, 0.2) is 0 Å². The molecule has 1 aromatic rings. The molecule has 0 radical (unpaired) electrons. The van der Waals surface area contributed by atoms with E-state index in [2.05, 4.69) is 5.32 Å². The maximum Gasteiger partial charge on any atom is 0.251 e. The molecule has 1 rings (SSSR count). The molecule has 100 valence electrons. The second-order valence-corrected chi connectivity index (χ2v) is 5.79. The highest BCUT2D eigenvalue weighted by Crippen LogP contribution is 2.09. The summed E-state index contributed by atoms with van der Waals surface area (Å²) in [6.45, 7) is 3.98. The van der Waals surface area contributed by atoms with Gasteiger partial charge in [-0.2, -0.15) is 0 Å². The maximum atomic E-state index is 11.8. The zero-order chi connectivity index (χ0) is 13.8. The van der Waals surface area contributed by atoms with Crippen LogP contribution in [0.3, 0.4) is 0 Å². The summed E-state index contributed by atoms with van der Waals surface area (Å²) in [5.74, 6) is -0.211. The summed E-state index contributed by atoms with van der Waals surface area (Å²) in [7, 11) is -3.71. The third-order valence-electron chi connectivity index (χ3n) is 2.54. The largest absolute Gasteiger partial charge is 0.350 e. The molecule has 1 atom stereocenters. The minimum absolute atomic E-state index is 0.000608. The topological polar surface area (TPSA) is 89.3 Å². The van der Waals surface area contributed by atoms with Gasteiger partial charge in [0.2, 0.25) is 10.0 Å². The molecule has 0 aliphatic rings. The SMILES string of the molecule is CCCC(C)NC(=O)c1ccc(S(N)(=O)=O)cc1. The first-order valence-corrected chi connectivity index (χ1v) is 7.33. The van der Waals surface area contributed by atoms with E-state index in [1.165, 1.54) is 24.3 Å². The summed E-state index contributed by atoms with van der Waals surface area (Å²) >= 11 is 0. The first kappa shape index (κ1) is 14.7. The summed E-state index contributed by atoms with van der Waals surface area (Å²) in [5, 5.41) is 7.81. The van der Waals surface area contributed by atoms with Crippen molar-refractivity contribution in [3.63, 3.8) is 0 Å². The Morgan fingerprint density at radius 2 is 1.89 bits per heavy atom. The summed E-state index contributed by atoms with van der Waals surface area (Å²) in [6.07, 6.45) is 1.90. The molecule has 0 aliphatic carbocycles. The maximum absolute atomic E-state index is 11.8. The fourth-order valence-electron chi connectivity index (χ4n) is 1.61. The van der Waals surface area contributed by atoms with Gasteiger partial charge in [-0.05, 0) is 37.6 Å². The van der Waals surface area contributed by atoms with Gasteiger partial charge < -0.3 is 5.32 Å². The van der Waals surface area contributed by atoms with E-state index in [1.54, 1.807) is 0 Å². The second-order valence-electron chi connectivity index (χ2n) is 4.23. The summed E-state index contributed by atoms with van der Waals surface area (Å²) in [5.41, 5.74) is 0.422. The fourth-order valence-corrected chi connectivity index (χ4v) is 2.12. The highest BCUT2D eigenvalue weighted by Gasteiger charge is 2.11. The molecule has 0 fully saturated rings. The van der Waals surface area contributed by atoms with Gasteiger partial charge in [0.25, 0.3) is 5.91 Å². The van der Waals surface area contributed by atoms with Crippen LogP contribution in [0.25, 0.3) is 0 Å². The van der Waals surface area contributed by atoms with Crippen LogP contribution < -0.4 is 10.5 Å². The van der Waals surface area contributed by atoms with E-state index in [9.17, 15) is 13.2 Å². The lowest BCUT2D eigenvalue weighted by atomic mass is 10.1. The van der Waals surface area contributed by atoms with E-state index in [4.69, 9.17) is 5.14 Å². The Balaban J connectivity index is 2.77. The van der Waals surface area contributed by atoms with Gasteiger partial charge in [-0.1, -0.05) is 13.3 Å². The van der Waals surface area contributed by atoms with Crippen LogP contribution in [0.2, 0.25) is 0 Å². The molecule has 0 bridgehead atoms. The Kier molecular flexibility index (Phi) is 4.86. The number of rotatable bonds is 5. The lowest BCUT2D eigenvalue weighted by Gasteiger charge is -2.12. The number of carbonyl (C=O) groups is 1. The van der Waals surface area contributed by atoms with Crippen molar-refractivity contribution in [2.45, 2.75) is 37.6 Å². The van der Waals surface area contributed by atoms with Gasteiger partial charge in [-0.3, -0.25) is 4.79 Å². The minimum atomic E-state index is -3.71. The Bertz CT molecular complexity index is 509. The smallest absolute Gasteiger partial charge is 0.251 e. The van der Waals surface area contributed by atoms with Crippen LogP contribution >= 0.6 is 0 Å². The average Bonchev–Trinajstić information content (AvgIpc) is 2.28. The van der Waals surface area contributed by atoms with Gasteiger partial charge in [-0.25, -0.2) is 13.6 Å². The van der Waals surface area contributed by atoms with E-state index in [-0.39, 0.29) is 16.8 Å². The Morgan fingerprint density at radius 1 is 1.33 bits per heavy atom. The van der Waals surface area contributed by atoms with Gasteiger partial charge >= 0.3 is 0 Å². The monoisotopic (exact) mass is 270 g/mol. The molecule has 6 heteroatoms. The average molecular weight is 270 g/mol. The van der Waals surface area contributed by atoms with E-state index < -0.39 is 10.0 Å². The summed E-state index contributed by atoms with van der Waals surface area (Å²) in [6, 6.07) is 5.66. The van der Waals surface area contributed by atoms with E-state index >= 15 is 0 Å². The van der Waals surface area contributed by atoms with Gasteiger partial charge in [0, 0.05) is 11.6 Å². The van der Waals surface area contributed by atoms with Crippen LogP contribution in [0.5, 0.6) is 0 Å². The van der Waals surface area contributed by atoms with E-state index in [0.29, 0.717) is 5.56 Å². The first-order valence-electron chi connectivity index (χ1n) is 5.78. The molecule has 0 aromatic heterocycles. The van der Waals surface area contributed by atoms with Crippen molar-refractivity contribution in [2.75, 3.05) is 0 Å². The van der Waals surface area contributed by atoms with Crippen molar-refractivity contribution in [3.05, 3.63) is 29.8 Å². The third kappa shape index (κ3) is 4.12. The minimum Gasteiger partial charge on any atom is -0.350 e. The number of primary sulfonamides is 1. The number of hydrogen-bond donors (Lipinski definition) is 2. The fraction of sp³-hybridized carbons (Fsp3) is 0.417. The molecule has 0 saturated carbocycles. The normalized spacial score (nSPS) is 13.1. The van der Waals surface area contributed by atoms with Crippen LogP contribution in [0.1, 0.15) is 37.0 Å². The highest BCUT2D eigenvalue weighted by molar-refractivity contribution is 7.89. The van der Waals surface area contributed by atoms with Crippen molar-refractivity contribution in [2.24, 2.45) is 5.14 Å². The van der Waals surface area contributed by atoms with Crippen molar-refractivity contribution in [1.82, 2.24) is 5.32 Å². The molecule has 0 spiro atoms. The lowest BCUT2D eigenvalue weighted by Crippen LogP contribution is -2.32. The number of carbonyl (C=O) groups excluding carboxylic acids is 1. The number of amides is 1. The molecular formula is C12H18N2O3S. The predicted octanol–water partition coefficient (Wildman–Crippen LogP) is 1.25. The zero-order valence-electron chi connectivity index (χ0n) is 10.5.